The summed E-state index contributed by atoms with van der Waals surface area (Å²) in [5.74, 6) is 0.348. The third-order valence-corrected chi connectivity index (χ3v) is 5.68. The number of hydrogen-bond acceptors (Lipinski definition) is 6. The first kappa shape index (κ1) is 18.3. The maximum absolute atomic E-state index is 12.8. The summed E-state index contributed by atoms with van der Waals surface area (Å²) >= 11 is 0. The van der Waals surface area contributed by atoms with Crippen molar-refractivity contribution in [1.29, 1.82) is 0 Å². The number of carbonyl (C=O) groups is 2. The van der Waals surface area contributed by atoms with Gasteiger partial charge in [0.2, 0.25) is 5.82 Å². The van der Waals surface area contributed by atoms with E-state index in [-0.39, 0.29) is 23.8 Å². The lowest BCUT2D eigenvalue weighted by atomic mass is 9.95. The molecule has 0 spiro atoms. The van der Waals surface area contributed by atoms with Crippen molar-refractivity contribution in [3.05, 3.63) is 66.0 Å². The van der Waals surface area contributed by atoms with Crippen molar-refractivity contribution in [2.75, 3.05) is 18.6 Å². The van der Waals surface area contributed by atoms with Crippen molar-refractivity contribution < 1.29 is 14.3 Å². The van der Waals surface area contributed by atoms with E-state index in [0.29, 0.717) is 17.3 Å². The highest BCUT2D eigenvalue weighted by Gasteiger charge is 2.49. The molecule has 1 aliphatic carbocycles. The molecule has 3 aromatic rings. The van der Waals surface area contributed by atoms with Crippen LogP contribution < -0.4 is 15.0 Å². The van der Waals surface area contributed by atoms with Crippen LogP contribution >= 0.6 is 0 Å². The van der Waals surface area contributed by atoms with Gasteiger partial charge in [-0.25, -0.2) is 4.98 Å². The monoisotopic (exact) mass is 404 g/mol. The molecule has 30 heavy (non-hydrogen) atoms. The highest BCUT2D eigenvalue weighted by Crippen LogP contribution is 2.51. The number of aromatic amines is 1. The molecule has 1 aliphatic heterocycles. The Morgan fingerprint density at radius 2 is 2.07 bits per heavy atom. The molecule has 152 valence electrons. The van der Waals surface area contributed by atoms with Crippen LogP contribution in [0.1, 0.15) is 34.8 Å². The fraction of sp³-hybridized carbons (Fsp3) is 0.286. The zero-order valence-corrected chi connectivity index (χ0v) is 16.3. The molecule has 2 amide bonds. The van der Waals surface area contributed by atoms with Crippen LogP contribution in [0.4, 0.5) is 5.69 Å². The molecular weight excluding hydrogens is 384 g/mol. The van der Waals surface area contributed by atoms with Crippen LogP contribution in [0.2, 0.25) is 0 Å². The molecule has 1 unspecified atom stereocenters. The number of nitrogens with one attached hydrogen (secondary N) is 2. The lowest BCUT2D eigenvalue weighted by molar-refractivity contribution is -0.120. The van der Waals surface area contributed by atoms with E-state index in [1.807, 2.05) is 18.2 Å². The second kappa shape index (κ2) is 6.94. The van der Waals surface area contributed by atoms with Gasteiger partial charge in [0.1, 0.15) is 18.5 Å². The summed E-state index contributed by atoms with van der Waals surface area (Å²) < 4.78 is 5.68. The van der Waals surface area contributed by atoms with Crippen LogP contribution in [0.5, 0.6) is 5.75 Å². The topological polar surface area (TPSA) is 113 Å². The van der Waals surface area contributed by atoms with Crippen molar-refractivity contribution >= 4 is 17.5 Å². The summed E-state index contributed by atoms with van der Waals surface area (Å²) in [5, 5.41) is 9.71. The van der Waals surface area contributed by atoms with Crippen LogP contribution in [-0.4, -0.2) is 51.7 Å². The van der Waals surface area contributed by atoms with Crippen molar-refractivity contribution in [2.45, 2.75) is 24.3 Å². The number of aromatic nitrogens is 4. The van der Waals surface area contributed by atoms with E-state index in [2.05, 4.69) is 37.6 Å². The molecule has 1 saturated carbocycles. The number of likely N-dealkylation sites (N-methyl/N-ethyl adjacent to an activating group) is 1. The van der Waals surface area contributed by atoms with E-state index >= 15 is 0 Å². The van der Waals surface area contributed by atoms with Crippen molar-refractivity contribution in [1.82, 2.24) is 25.5 Å². The smallest absolute Gasteiger partial charge is 0.291 e. The van der Waals surface area contributed by atoms with Crippen molar-refractivity contribution in [2.24, 2.45) is 0 Å². The SMILES string of the molecule is CN1C(=O)C(NC(=O)c2n[nH]c(C3(c4ccccc4)CC3)n2)COc2cnccc21. The Bertz CT molecular complexity index is 1110. The molecule has 9 nitrogen and oxygen atoms in total. The molecule has 1 fully saturated rings. The second-order valence-electron chi connectivity index (χ2n) is 7.53. The van der Waals surface area contributed by atoms with E-state index in [1.54, 1.807) is 25.5 Å². The van der Waals surface area contributed by atoms with Crippen LogP contribution in [-0.2, 0) is 10.2 Å². The number of rotatable bonds is 4. The Hall–Kier alpha value is -3.75. The second-order valence-corrected chi connectivity index (χ2v) is 7.53. The Labute approximate surface area is 172 Å². The summed E-state index contributed by atoms with van der Waals surface area (Å²) in [6, 6.07) is 10.9. The first-order valence-corrected chi connectivity index (χ1v) is 9.72. The van der Waals surface area contributed by atoms with Crippen LogP contribution in [0.25, 0.3) is 0 Å². The van der Waals surface area contributed by atoms with Gasteiger partial charge in [-0.3, -0.25) is 19.7 Å². The third-order valence-electron chi connectivity index (χ3n) is 5.68. The molecule has 2 aliphatic rings. The average Bonchev–Trinajstić information content (AvgIpc) is 3.47. The first-order valence-electron chi connectivity index (χ1n) is 9.72. The van der Waals surface area contributed by atoms with Gasteiger partial charge >= 0.3 is 0 Å². The largest absolute Gasteiger partial charge is 0.487 e. The number of hydrogen-bond donors (Lipinski definition) is 2. The van der Waals surface area contributed by atoms with Crippen molar-refractivity contribution in [3.63, 3.8) is 0 Å². The van der Waals surface area contributed by atoms with Gasteiger partial charge in [-0.05, 0) is 24.5 Å². The number of nitrogens with zero attached hydrogens (tertiary/aromatic N) is 4. The maximum Gasteiger partial charge on any atom is 0.291 e. The lowest BCUT2D eigenvalue weighted by Gasteiger charge is -2.19. The lowest BCUT2D eigenvalue weighted by Crippen LogP contribution is -2.49. The summed E-state index contributed by atoms with van der Waals surface area (Å²) in [6.45, 7) is -0.00115. The van der Waals surface area contributed by atoms with E-state index in [1.165, 1.54) is 4.90 Å². The van der Waals surface area contributed by atoms with Gasteiger partial charge < -0.3 is 15.0 Å². The minimum atomic E-state index is -0.860. The number of fused-ring (bicyclic) bond motifs is 1. The Balaban J connectivity index is 1.33. The molecule has 0 bridgehead atoms. The summed E-state index contributed by atoms with van der Waals surface area (Å²) in [6.07, 6.45) is 5.02. The minimum absolute atomic E-state index is 0.00115. The van der Waals surface area contributed by atoms with Gasteiger partial charge in [0, 0.05) is 13.2 Å². The quantitative estimate of drug-likeness (QED) is 0.680. The van der Waals surface area contributed by atoms with E-state index in [0.717, 1.165) is 18.4 Å². The first-order chi connectivity index (χ1) is 14.6. The molecule has 1 aromatic carbocycles. The molecular formula is C21H20N6O3. The van der Waals surface area contributed by atoms with Gasteiger partial charge in [0.05, 0.1) is 17.3 Å². The normalized spacial score (nSPS) is 19.4. The molecule has 2 N–H and O–H groups in total. The number of anilines is 1. The molecule has 3 heterocycles. The Morgan fingerprint density at radius 3 is 2.83 bits per heavy atom. The molecule has 9 heteroatoms. The Morgan fingerprint density at radius 1 is 1.27 bits per heavy atom. The van der Waals surface area contributed by atoms with Gasteiger partial charge in [0.25, 0.3) is 11.8 Å². The summed E-state index contributed by atoms with van der Waals surface area (Å²) in [4.78, 5) is 35.5. The highest BCUT2D eigenvalue weighted by molar-refractivity contribution is 6.02. The van der Waals surface area contributed by atoms with E-state index in [9.17, 15) is 9.59 Å². The Kier molecular flexibility index (Phi) is 4.23. The van der Waals surface area contributed by atoms with Crippen LogP contribution in [0, 0.1) is 0 Å². The molecule has 2 aromatic heterocycles. The third kappa shape index (κ3) is 2.99. The van der Waals surface area contributed by atoms with Gasteiger partial charge in [0.15, 0.2) is 5.75 Å². The number of pyridine rings is 1. The van der Waals surface area contributed by atoms with Gasteiger partial charge in [-0.1, -0.05) is 30.3 Å². The fourth-order valence-corrected chi connectivity index (χ4v) is 3.81. The standard InChI is InChI=1S/C21H20N6O3/c1-27-15-7-10-22-11-16(15)30-12-14(19(27)29)23-18(28)17-24-20(26-25-17)21(8-9-21)13-5-3-2-4-6-13/h2-7,10-11,14H,8-9,12H2,1H3,(H,23,28)(H,24,25,26). The molecule has 0 radical (unpaired) electrons. The number of carbonyl (C=O) groups excluding carboxylic acids is 2. The van der Waals surface area contributed by atoms with Gasteiger partial charge in [-0.2, -0.15) is 0 Å². The molecule has 5 rings (SSSR count). The van der Waals surface area contributed by atoms with Crippen LogP contribution in [0.15, 0.2) is 48.8 Å². The predicted molar refractivity (Wildman–Crippen MR) is 107 cm³/mol. The molecule has 1 atom stereocenters. The van der Waals surface area contributed by atoms with E-state index in [4.69, 9.17) is 4.74 Å². The average molecular weight is 404 g/mol. The zero-order valence-electron chi connectivity index (χ0n) is 16.3. The maximum atomic E-state index is 12.8. The van der Waals surface area contributed by atoms with Crippen molar-refractivity contribution in [3.8, 4) is 5.75 Å². The number of benzene rings is 1. The highest BCUT2D eigenvalue weighted by atomic mass is 16.5. The predicted octanol–water partition coefficient (Wildman–Crippen LogP) is 1.43. The minimum Gasteiger partial charge on any atom is -0.487 e. The van der Waals surface area contributed by atoms with E-state index < -0.39 is 11.9 Å². The summed E-state index contributed by atoms with van der Waals surface area (Å²) in [5.41, 5.74) is 1.53. The van der Waals surface area contributed by atoms with Gasteiger partial charge in [-0.15, -0.1) is 5.10 Å². The fourth-order valence-electron chi connectivity index (χ4n) is 3.81. The zero-order chi connectivity index (χ0) is 20.7. The number of amides is 2. The molecule has 0 saturated heterocycles. The summed E-state index contributed by atoms with van der Waals surface area (Å²) in [7, 11) is 1.64. The number of H-pyrrole nitrogens is 1. The van der Waals surface area contributed by atoms with Crippen LogP contribution in [0.3, 0.4) is 0 Å². The number of ether oxygens (including phenoxy) is 1.